The van der Waals surface area contributed by atoms with Gasteiger partial charge in [-0.1, -0.05) is 0 Å². The number of hydrogen-bond acceptors (Lipinski definition) is 5. The van der Waals surface area contributed by atoms with Crippen molar-refractivity contribution in [1.29, 1.82) is 0 Å². The number of ether oxygens (including phenoxy) is 3. The molecule has 100 valence electrons. The van der Waals surface area contributed by atoms with Crippen LogP contribution in [-0.2, 0) is 0 Å². The number of hydrogen-bond donors (Lipinski definition) is 1. The Balaban J connectivity index is 2.40. The number of rotatable bonds is 4. The molecule has 1 heterocycles. The zero-order valence-electron chi connectivity index (χ0n) is 11.0. The largest absolute Gasteiger partial charge is 0.493 e. The highest BCUT2D eigenvalue weighted by Crippen LogP contribution is 2.45. The minimum atomic E-state index is 0.258. The van der Waals surface area contributed by atoms with Crippen LogP contribution in [-0.4, -0.2) is 33.6 Å². The fourth-order valence-corrected chi connectivity index (χ4v) is 3.24. The van der Waals surface area contributed by atoms with Gasteiger partial charge in [0.25, 0.3) is 0 Å². The number of benzene rings is 1. The summed E-state index contributed by atoms with van der Waals surface area (Å²) in [7, 11) is 4.92. The molecule has 1 saturated heterocycles. The standard InChI is InChI=1S/C13H19NO3S/c1-15-10-6-5-9(11(16-2)12(10)17-3)13-14-7-4-8-18-13/h5-6,13-14H,4,7-8H2,1-3H3. The fourth-order valence-electron chi connectivity index (χ4n) is 2.10. The van der Waals surface area contributed by atoms with Crippen molar-refractivity contribution in [3.05, 3.63) is 17.7 Å². The van der Waals surface area contributed by atoms with Crippen molar-refractivity contribution in [3.8, 4) is 17.2 Å². The number of nitrogens with one attached hydrogen (secondary N) is 1. The molecule has 2 rings (SSSR count). The maximum Gasteiger partial charge on any atom is 0.203 e. The zero-order chi connectivity index (χ0) is 13.0. The first-order chi connectivity index (χ1) is 8.81. The Kier molecular flexibility index (Phi) is 4.60. The van der Waals surface area contributed by atoms with E-state index in [0.29, 0.717) is 11.5 Å². The third kappa shape index (κ3) is 2.52. The summed E-state index contributed by atoms with van der Waals surface area (Å²) < 4.78 is 16.2. The van der Waals surface area contributed by atoms with Crippen molar-refractivity contribution < 1.29 is 14.2 Å². The molecule has 0 amide bonds. The van der Waals surface area contributed by atoms with Gasteiger partial charge in [-0.25, -0.2) is 0 Å². The summed E-state index contributed by atoms with van der Waals surface area (Å²) >= 11 is 1.89. The van der Waals surface area contributed by atoms with E-state index in [1.807, 2.05) is 23.9 Å². The molecule has 0 aliphatic carbocycles. The van der Waals surface area contributed by atoms with E-state index in [9.17, 15) is 0 Å². The summed E-state index contributed by atoms with van der Waals surface area (Å²) in [5.41, 5.74) is 1.11. The van der Waals surface area contributed by atoms with Crippen LogP contribution in [0.2, 0.25) is 0 Å². The first-order valence-electron chi connectivity index (χ1n) is 5.95. The van der Waals surface area contributed by atoms with E-state index in [0.717, 1.165) is 23.6 Å². The van der Waals surface area contributed by atoms with Gasteiger partial charge in [0.05, 0.1) is 26.7 Å². The number of thioether (sulfide) groups is 1. The van der Waals surface area contributed by atoms with Crippen LogP contribution in [0.15, 0.2) is 12.1 Å². The third-order valence-electron chi connectivity index (χ3n) is 2.95. The average Bonchev–Trinajstić information content (AvgIpc) is 2.46. The molecule has 1 aliphatic rings. The highest BCUT2D eigenvalue weighted by molar-refractivity contribution is 7.99. The lowest BCUT2D eigenvalue weighted by Crippen LogP contribution is -2.25. The molecular formula is C13H19NO3S. The predicted molar refractivity (Wildman–Crippen MR) is 73.9 cm³/mol. The summed E-state index contributed by atoms with van der Waals surface area (Å²) in [6.07, 6.45) is 1.21. The van der Waals surface area contributed by atoms with E-state index < -0.39 is 0 Å². The highest BCUT2D eigenvalue weighted by atomic mass is 32.2. The van der Waals surface area contributed by atoms with Crippen LogP contribution < -0.4 is 19.5 Å². The Morgan fingerprint density at radius 1 is 1.11 bits per heavy atom. The molecule has 0 bridgehead atoms. The molecular weight excluding hydrogens is 250 g/mol. The summed E-state index contributed by atoms with van der Waals surface area (Å²) in [5.74, 6) is 3.27. The van der Waals surface area contributed by atoms with Crippen molar-refractivity contribution >= 4 is 11.8 Å². The molecule has 0 aromatic heterocycles. The van der Waals surface area contributed by atoms with Crippen molar-refractivity contribution in [2.24, 2.45) is 0 Å². The first-order valence-corrected chi connectivity index (χ1v) is 7.00. The lowest BCUT2D eigenvalue weighted by molar-refractivity contribution is 0.321. The van der Waals surface area contributed by atoms with Gasteiger partial charge >= 0.3 is 0 Å². The Labute approximate surface area is 112 Å². The Hall–Kier alpha value is -1.07. The van der Waals surface area contributed by atoms with E-state index in [-0.39, 0.29) is 5.37 Å². The Morgan fingerprint density at radius 2 is 1.89 bits per heavy atom. The summed E-state index contributed by atoms with van der Waals surface area (Å²) in [5, 5.41) is 3.74. The lowest BCUT2D eigenvalue weighted by Gasteiger charge is -2.26. The molecule has 1 atom stereocenters. The molecule has 1 aromatic rings. The lowest BCUT2D eigenvalue weighted by atomic mass is 10.1. The fraction of sp³-hybridized carbons (Fsp3) is 0.538. The third-order valence-corrected chi connectivity index (χ3v) is 4.23. The Morgan fingerprint density at radius 3 is 2.44 bits per heavy atom. The van der Waals surface area contributed by atoms with E-state index in [1.54, 1.807) is 21.3 Å². The highest BCUT2D eigenvalue weighted by Gasteiger charge is 2.23. The van der Waals surface area contributed by atoms with E-state index in [4.69, 9.17) is 14.2 Å². The molecule has 0 saturated carbocycles. The van der Waals surface area contributed by atoms with Crippen LogP contribution in [0.1, 0.15) is 17.4 Å². The first kappa shape index (κ1) is 13.4. The van der Waals surface area contributed by atoms with Crippen LogP contribution in [0.3, 0.4) is 0 Å². The van der Waals surface area contributed by atoms with Gasteiger partial charge in [-0.3, -0.25) is 0 Å². The zero-order valence-corrected chi connectivity index (χ0v) is 11.8. The Bertz CT molecular complexity index is 405. The minimum absolute atomic E-state index is 0.258. The smallest absolute Gasteiger partial charge is 0.203 e. The molecule has 1 fully saturated rings. The van der Waals surface area contributed by atoms with Crippen molar-refractivity contribution in [2.45, 2.75) is 11.8 Å². The van der Waals surface area contributed by atoms with Gasteiger partial charge in [-0.15, -0.1) is 11.8 Å². The van der Waals surface area contributed by atoms with Gasteiger partial charge in [0.15, 0.2) is 11.5 Å². The van der Waals surface area contributed by atoms with Crippen LogP contribution in [0, 0.1) is 0 Å². The van der Waals surface area contributed by atoms with Gasteiger partial charge < -0.3 is 19.5 Å². The second-order valence-corrected chi connectivity index (χ2v) is 5.20. The summed E-state index contributed by atoms with van der Waals surface area (Å²) in [6.45, 7) is 1.04. The van der Waals surface area contributed by atoms with Crippen molar-refractivity contribution in [1.82, 2.24) is 5.32 Å². The van der Waals surface area contributed by atoms with Gasteiger partial charge in [0, 0.05) is 5.56 Å². The molecule has 0 spiro atoms. The molecule has 18 heavy (non-hydrogen) atoms. The van der Waals surface area contributed by atoms with Gasteiger partial charge in [0.1, 0.15) is 0 Å². The van der Waals surface area contributed by atoms with Gasteiger partial charge in [-0.05, 0) is 30.9 Å². The SMILES string of the molecule is COc1ccc(C2NCCCS2)c(OC)c1OC. The second kappa shape index (κ2) is 6.20. The number of methoxy groups -OCH3 is 3. The molecule has 5 heteroatoms. The molecule has 0 radical (unpaired) electrons. The van der Waals surface area contributed by atoms with Crippen LogP contribution in [0.5, 0.6) is 17.2 Å². The average molecular weight is 269 g/mol. The van der Waals surface area contributed by atoms with Gasteiger partial charge in [-0.2, -0.15) is 0 Å². The van der Waals surface area contributed by atoms with E-state index in [2.05, 4.69) is 5.32 Å². The molecule has 1 aromatic carbocycles. The summed E-state index contributed by atoms with van der Waals surface area (Å²) in [6, 6.07) is 3.96. The van der Waals surface area contributed by atoms with E-state index >= 15 is 0 Å². The quantitative estimate of drug-likeness (QED) is 0.909. The minimum Gasteiger partial charge on any atom is -0.493 e. The monoisotopic (exact) mass is 269 g/mol. The second-order valence-electron chi connectivity index (χ2n) is 3.98. The molecule has 1 N–H and O–H groups in total. The molecule has 1 aliphatic heterocycles. The molecule has 4 nitrogen and oxygen atoms in total. The van der Waals surface area contributed by atoms with E-state index in [1.165, 1.54) is 6.42 Å². The van der Waals surface area contributed by atoms with Gasteiger partial charge in [0.2, 0.25) is 5.75 Å². The normalized spacial score (nSPS) is 19.4. The van der Waals surface area contributed by atoms with Crippen LogP contribution >= 0.6 is 11.8 Å². The maximum atomic E-state index is 5.50. The van der Waals surface area contributed by atoms with Crippen LogP contribution in [0.4, 0.5) is 0 Å². The predicted octanol–water partition coefficient (Wildman–Crippen LogP) is 2.44. The topological polar surface area (TPSA) is 39.7 Å². The molecule has 1 unspecified atom stereocenters. The van der Waals surface area contributed by atoms with Crippen molar-refractivity contribution in [2.75, 3.05) is 33.6 Å². The summed E-state index contributed by atoms with van der Waals surface area (Å²) in [4.78, 5) is 0. The van der Waals surface area contributed by atoms with Crippen molar-refractivity contribution in [3.63, 3.8) is 0 Å². The van der Waals surface area contributed by atoms with Crippen LogP contribution in [0.25, 0.3) is 0 Å². The maximum absolute atomic E-state index is 5.50.